The summed E-state index contributed by atoms with van der Waals surface area (Å²) in [6.07, 6.45) is 5.83. The van der Waals surface area contributed by atoms with Crippen molar-refractivity contribution in [1.29, 1.82) is 0 Å². The van der Waals surface area contributed by atoms with Gasteiger partial charge in [0.15, 0.2) is 17.3 Å². The molecule has 1 amide bonds. The summed E-state index contributed by atoms with van der Waals surface area (Å²) in [6.45, 7) is 8.17. The molecule has 2 aliphatic rings. The van der Waals surface area contributed by atoms with Gasteiger partial charge in [-0.1, -0.05) is 75.7 Å². The number of hydrogen-bond acceptors (Lipinski definition) is 8. The molecule has 1 aliphatic heterocycles. The number of aromatic amines is 1. The Morgan fingerprint density at radius 1 is 1.11 bits per heavy atom. The van der Waals surface area contributed by atoms with Crippen molar-refractivity contribution in [2.24, 2.45) is 21.6 Å². The summed E-state index contributed by atoms with van der Waals surface area (Å²) in [4.78, 5) is 43.0. The van der Waals surface area contributed by atoms with Crippen LogP contribution in [0.15, 0.2) is 78.2 Å². The zero-order valence-electron chi connectivity index (χ0n) is 26.5. The predicted octanol–water partition coefficient (Wildman–Crippen LogP) is 6.45. The normalized spacial score (nSPS) is 19.5. The van der Waals surface area contributed by atoms with Gasteiger partial charge in [0.2, 0.25) is 0 Å². The minimum Gasteiger partial charge on any atom is -0.463 e. The van der Waals surface area contributed by atoms with Crippen LogP contribution in [0.2, 0.25) is 5.02 Å². The third kappa shape index (κ3) is 6.39. The van der Waals surface area contributed by atoms with Crippen molar-refractivity contribution < 1.29 is 14.3 Å². The molecule has 6 rings (SSSR count). The zero-order chi connectivity index (χ0) is 32.7. The van der Waals surface area contributed by atoms with Crippen LogP contribution in [0.25, 0.3) is 22.6 Å². The number of hydrogen-bond donors (Lipinski definition) is 2. The molecule has 0 bridgehead atoms. The molecule has 0 radical (unpaired) electrons. The molecule has 0 spiro atoms. The van der Waals surface area contributed by atoms with Crippen molar-refractivity contribution >= 4 is 29.4 Å². The summed E-state index contributed by atoms with van der Waals surface area (Å²) in [5.74, 6) is -0.0948. The minimum atomic E-state index is -1.30. The lowest BCUT2D eigenvalue weighted by molar-refractivity contribution is -0.148. The summed E-state index contributed by atoms with van der Waals surface area (Å²) >= 11 is 6.56. The van der Waals surface area contributed by atoms with Crippen LogP contribution in [0.1, 0.15) is 70.5 Å². The fraction of sp³-hybridized carbons (Fsp3) is 0.371. The van der Waals surface area contributed by atoms with Crippen molar-refractivity contribution in [1.82, 2.24) is 25.1 Å². The van der Waals surface area contributed by atoms with E-state index in [0.29, 0.717) is 40.4 Å². The molecule has 2 aromatic heterocycles. The third-order valence-electron chi connectivity index (χ3n) is 8.67. The van der Waals surface area contributed by atoms with Gasteiger partial charge in [-0.25, -0.2) is 9.98 Å². The van der Waals surface area contributed by atoms with E-state index in [-0.39, 0.29) is 35.3 Å². The highest BCUT2D eigenvalue weighted by molar-refractivity contribution is 6.33. The average Bonchev–Trinajstić information content (AvgIpc) is 3.39. The van der Waals surface area contributed by atoms with Crippen LogP contribution < -0.4 is 5.73 Å². The molecule has 2 atom stereocenters. The Kier molecular flexibility index (Phi) is 8.18. The maximum absolute atomic E-state index is 14.9. The number of nitrogens with zero attached hydrogens (tertiary/aromatic N) is 5. The van der Waals surface area contributed by atoms with Gasteiger partial charge in [0, 0.05) is 17.3 Å². The molecular formula is C35H38ClN7O3. The molecule has 0 saturated heterocycles. The number of nitrogens with two attached hydrogens (primary N) is 1. The van der Waals surface area contributed by atoms with Gasteiger partial charge in [-0.2, -0.15) is 5.10 Å². The number of pyridine rings is 1. The molecule has 2 aromatic carbocycles. The van der Waals surface area contributed by atoms with Crippen LogP contribution in [-0.2, 0) is 19.9 Å². The lowest BCUT2D eigenvalue weighted by atomic mass is 9.75. The van der Waals surface area contributed by atoms with Crippen molar-refractivity contribution in [3.8, 4) is 22.6 Å². The van der Waals surface area contributed by atoms with E-state index in [1.54, 1.807) is 18.3 Å². The number of H-pyrrole nitrogens is 1. The van der Waals surface area contributed by atoms with E-state index in [1.807, 2.05) is 48.5 Å². The predicted molar refractivity (Wildman–Crippen MR) is 176 cm³/mol. The molecule has 46 heavy (non-hydrogen) atoms. The molecule has 4 aromatic rings. The topological polar surface area (TPSA) is 139 Å². The number of aromatic nitrogens is 4. The Balaban J connectivity index is 1.39. The first kappa shape index (κ1) is 31.4. The van der Waals surface area contributed by atoms with Crippen molar-refractivity contribution in [2.75, 3.05) is 6.61 Å². The molecule has 10 nitrogen and oxygen atoms in total. The van der Waals surface area contributed by atoms with Crippen LogP contribution in [0.4, 0.5) is 0 Å². The molecule has 1 aliphatic carbocycles. The fourth-order valence-corrected chi connectivity index (χ4v) is 6.28. The Hall–Kier alpha value is -4.57. The largest absolute Gasteiger partial charge is 0.463 e. The van der Waals surface area contributed by atoms with Gasteiger partial charge >= 0.3 is 5.97 Å². The highest BCUT2D eigenvalue weighted by atomic mass is 35.5. The Bertz CT molecular complexity index is 1760. The summed E-state index contributed by atoms with van der Waals surface area (Å²) in [6, 6.07) is 18.0. The number of halogens is 1. The van der Waals surface area contributed by atoms with Gasteiger partial charge in [0.25, 0.3) is 5.91 Å². The second-order valence-corrected chi connectivity index (χ2v) is 14.2. The maximum Gasteiger partial charge on any atom is 0.306 e. The van der Waals surface area contributed by atoms with Crippen molar-refractivity contribution in [3.63, 3.8) is 0 Å². The van der Waals surface area contributed by atoms with E-state index in [9.17, 15) is 9.59 Å². The zero-order valence-corrected chi connectivity index (χ0v) is 27.2. The van der Waals surface area contributed by atoms with Crippen molar-refractivity contribution in [3.05, 3.63) is 89.3 Å². The number of ether oxygens (including phenoxy) is 1. The van der Waals surface area contributed by atoms with Gasteiger partial charge in [0.05, 0.1) is 23.2 Å². The summed E-state index contributed by atoms with van der Waals surface area (Å²) in [5, 5.41) is 7.25. The second-order valence-electron chi connectivity index (χ2n) is 13.8. The smallest absolute Gasteiger partial charge is 0.306 e. The highest BCUT2D eigenvalue weighted by Crippen LogP contribution is 2.49. The Morgan fingerprint density at radius 3 is 2.50 bits per heavy atom. The highest BCUT2D eigenvalue weighted by Gasteiger charge is 2.53. The first-order chi connectivity index (χ1) is 21.9. The second kappa shape index (κ2) is 12.0. The van der Waals surface area contributed by atoms with Gasteiger partial charge in [-0.3, -0.25) is 24.6 Å². The van der Waals surface area contributed by atoms with E-state index in [1.165, 1.54) is 11.2 Å². The molecular weight excluding hydrogens is 602 g/mol. The van der Waals surface area contributed by atoms with Gasteiger partial charge in [0.1, 0.15) is 12.9 Å². The average molecular weight is 640 g/mol. The van der Waals surface area contributed by atoms with E-state index < -0.39 is 11.6 Å². The van der Waals surface area contributed by atoms with Crippen LogP contribution in [0.5, 0.6) is 0 Å². The SMILES string of the molecule is CC(C)(C)C[C@]1(c2ccc(-c3ccccn3)cc2)N=C(N)N([C@H](COC(=O)CC2(C)CC2)c2ccc(Cl)c(-c3ncn[nH]3)c2)C1=O. The number of esters is 1. The summed E-state index contributed by atoms with van der Waals surface area (Å²) in [5.41, 5.74) is 8.78. The molecule has 3 N–H and O–H groups in total. The van der Waals surface area contributed by atoms with Crippen LogP contribution in [-0.4, -0.2) is 49.5 Å². The molecule has 1 fully saturated rings. The number of carbonyl (C=O) groups excluding carboxylic acids is 2. The third-order valence-corrected chi connectivity index (χ3v) is 9.00. The number of amides is 1. The van der Waals surface area contributed by atoms with Crippen LogP contribution >= 0.6 is 11.6 Å². The number of nitrogens with one attached hydrogen (secondary N) is 1. The van der Waals surface area contributed by atoms with Crippen molar-refractivity contribution in [2.45, 2.75) is 65.0 Å². The molecule has 3 heterocycles. The van der Waals surface area contributed by atoms with Gasteiger partial charge in [-0.05, 0) is 65.5 Å². The minimum absolute atomic E-state index is 0.0282. The summed E-state index contributed by atoms with van der Waals surface area (Å²) in [7, 11) is 0. The maximum atomic E-state index is 14.9. The standard InChI is InChI=1S/C35H38ClN7O3/c1-33(2,3)20-35(24-11-8-22(9-12-24)27-7-5-6-16-38-27)31(45)43(32(37)41-35)28(19-46-29(44)18-34(4)14-15-34)23-10-13-26(36)25(17-23)30-39-21-40-42-30/h5-13,16-17,21,28H,14-15,18-20H2,1-4H3,(H2,37,41)(H,39,40,42)/t28-,35-/m1/s1. The van der Waals surface area contributed by atoms with E-state index in [2.05, 4.69) is 47.9 Å². The molecule has 11 heteroatoms. The molecule has 0 unspecified atom stereocenters. The van der Waals surface area contributed by atoms with E-state index in [0.717, 1.165) is 24.1 Å². The van der Waals surface area contributed by atoms with Gasteiger partial charge < -0.3 is 10.5 Å². The summed E-state index contributed by atoms with van der Waals surface area (Å²) < 4.78 is 5.86. The number of guanidine groups is 1. The molecule has 1 saturated carbocycles. The molecule has 238 valence electrons. The fourth-order valence-electron chi connectivity index (χ4n) is 6.07. The van der Waals surface area contributed by atoms with Crippen LogP contribution in [0, 0.1) is 10.8 Å². The monoisotopic (exact) mass is 639 g/mol. The first-order valence-electron chi connectivity index (χ1n) is 15.4. The first-order valence-corrected chi connectivity index (χ1v) is 15.8. The number of carbonyl (C=O) groups is 2. The Labute approximate surface area is 273 Å². The lowest BCUT2D eigenvalue weighted by Crippen LogP contribution is -2.47. The van der Waals surface area contributed by atoms with E-state index in [4.69, 9.17) is 27.1 Å². The van der Waals surface area contributed by atoms with E-state index >= 15 is 0 Å². The van der Waals surface area contributed by atoms with Crippen LogP contribution in [0.3, 0.4) is 0 Å². The van der Waals surface area contributed by atoms with Gasteiger partial charge in [-0.15, -0.1) is 0 Å². The number of rotatable bonds is 10. The quantitative estimate of drug-likeness (QED) is 0.190. The Morgan fingerprint density at radius 2 is 1.87 bits per heavy atom. The lowest BCUT2D eigenvalue weighted by Gasteiger charge is -2.35. The number of aliphatic imine (C=N–C) groups is 1. The number of benzene rings is 2.